The Morgan fingerprint density at radius 2 is 1.87 bits per heavy atom. The van der Waals surface area contributed by atoms with Crippen molar-refractivity contribution in [3.8, 4) is 5.75 Å². The Kier molecular flexibility index (Phi) is 4.97. The third kappa shape index (κ3) is 4.07. The van der Waals surface area contributed by atoms with Crippen LogP contribution in [0.1, 0.15) is 0 Å². The third-order valence-electron chi connectivity index (χ3n) is 2.82. The van der Waals surface area contributed by atoms with E-state index < -0.39 is 16.8 Å². The predicted octanol–water partition coefficient (Wildman–Crippen LogP) is 4.04. The average molecular weight is 340 g/mol. The van der Waals surface area contributed by atoms with Crippen LogP contribution < -0.4 is 15.4 Å². The third-order valence-corrected chi connectivity index (χ3v) is 3.06. The monoisotopic (exact) mass is 339 g/mol. The summed E-state index contributed by atoms with van der Waals surface area (Å²) in [5.74, 6) is -0.589. The second-order valence-corrected chi connectivity index (χ2v) is 4.78. The lowest BCUT2D eigenvalue weighted by Gasteiger charge is -2.11. The standard InChI is InChI=1S/C14H11ClFN3O4/c1-23-13-7-9(19(21)22)3-5-12(13)18-14(20)17-11-4-2-8(15)6-10(11)16/h2-7H,1H3,(H2,17,18,20). The minimum absolute atomic E-state index is 0.0622. The zero-order valence-electron chi connectivity index (χ0n) is 11.8. The fourth-order valence-electron chi connectivity index (χ4n) is 1.76. The zero-order chi connectivity index (χ0) is 17.0. The molecule has 0 aliphatic carbocycles. The van der Waals surface area contributed by atoms with Crippen molar-refractivity contribution in [3.05, 3.63) is 57.4 Å². The summed E-state index contributed by atoms with van der Waals surface area (Å²) in [5.41, 5.74) is -0.0469. The number of urea groups is 1. The molecule has 2 aromatic carbocycles. The Balaban J connectivity index is 2.15. The quantitative estimate of drug-likeness (QED) is 0.649. The fraction of sp³-hybridized carbons (Fsp3) is 0.0714. The number of nitrogens with one attached hydrogen (secondary N) is 2. The molecule has 7 nitrogen and oxygen atoms in total. The number of halogens is 2. The molecular weight excluding hydrogens is 329 g/mol. The molecular formula is C14H11ClFN3O4. The number of carbonyl (C=O) groups is 1. The van der Waals surface area contributed by atoms with Gasteiger partial charge in [0.15, 0.2) is 0 Å². The highest BCUT2D eigenvalue weighted by atomic mass is 35.5. The number of ether oxygens (including phenoxy) is 1. The van der Waals surface area contributed by atoms with E-state index in [0.29, 0.717) is 0 Å². The summed E-state index contributed by atoms with van der Waals surface area (Å²) in [4.78, 5) is 22.0. The molecule has 2 rings (SSSR count). The summed E-state index contributed by atoms with van der Waals surface area (Å²) in [5, 5.41) is 15.6. The van der Waals surface area contributed by atoms with Gasteiger partial charge in [-0.3, -0.25) is 10.1 Å². The highest BCUT2D eigenvalue weighted by Crippen LogP contribution is 2.29. The van der Waals surface area contributed by atoms with Crippen molar-refractivity contribution >= 4 is 34.7 Å². The van der Waals surface area contributed by atoms with Crippen molar-refractivity contribution in [1.82, 2.24) is 0 Å². The highest BCUT2D eigenvalue weighted by Gasteiger charge is 2.14. The van der Waals surface area contributed by atoms with Crippen molar-refractivity contribution < 1.29 is 18.8 Å². The molecule has 120 valence electrons. The topological polar surface area (TPSA) is 93.5 Å². The number of nitro benzene ring substituents is 1. The first-order chi connectivity index (χ1) is 10.9. The molecule has 0 aliphatic rings. The van der Waals surface area contributed by atoms with Crippen molar-refractivity contribution in [2.24, 2.45) is 0 Å². The molecule has 0 saturated carbocycles. The lowest BCUT2D eigenvalue weighted by atomic mass is 10.2. The molecule has 0 bridgehead atoms. The number of benzene rings is 2. The average Bonchev–Trinajstić information content (AvgIpc) is 2.50. The van der Waals surface area contributed by atoms with Crippen molar-refractivity contribution in [1.29, 1.82) is 0 Å². The van der Waals surface area contributed by atoms with E-state index >= 15 is 0 Å². The SMILES string of the molecule is COc1cc([N+](=O)[O-])ccc1NC(=O)Nc1ccc(Cl)cc1F. The molecule has 2 N–H and O–H groups in total. The fourth-order valence-corrected chi connectivity index (χ4v) is 1.92. The van der Waals surface area contributed by atoms with Crippen LogP contribution >= 0.6 is 11.6 Å². The van der Waals surface area contributed by atoms with Gasteiger partial charge in [0.25, 0.3) is 5.69 Å². The Hall–Kier alpha value is -2.87. The summed E-state index contributed by atoms with van der Waals surface area (Å²) in [6.07, 6.45) is 0. The molecule has 0 saturated heterocycles. The normalized spacial score (nSPS) is 10.0. The number of carbonyl (C=O) groups excluding carboxylic acids is 1. The summed E-state index contributed by atoms with van der Waals surface area (Å²) >= 11 is 5.62. The number of anilines is 2. The largest absolute Gasteiger partial charge is 0.494 e. The number of non-ortho nitro benzene ring substituents is 1. The van der Waals surface area contributed by atoms with Gasteiger partial charge in [-0.2, -0.15) is 0 Å². The summed E-state index contributed by atoms with van der Waals surface area (Å²) in [6.45, 7) is 0. The first-order valence-corrected chi connectivity index (χ1v) is 6.64. The van der Waals surface area contributed by atoms with E-state index in [1.165, 1.54) is 37.4 Å². The smallest absolute Gasteiger partial charge is 0.323 e. The van der Waals surface area contributed by atoms with Crippen LogP contribution in [-0.2, 0) is 0 Å². The van der Waals surface area contributed by atoms with Crippen LogP contribution in [0.4, 0.5) is 26.2 Å². The van der Waals surface area contributed by atoms with E-state index in [0.717, 1.165) is 6.07 Å². The lowest BCUT2D eigenvalue weighted by molar-refractivity contribution is -0.384. The van der Waals surface area contributed by atoms with Gasteiger partial charge in [-0.25, -0.2) is 9.18 Å². The van der Waals surface area contributed by atoms with Crippen LogP contribution in [0, 0.1) is 15.9 Å². The summed E-state index contributed by atoms with van der Waals surface area (Å²) < 4.78 is 18.6. The van der Waals surface area contributed by atoms with Gasteiger partial charge < -0.3 is 15.4 Å². The van der Waals surface area contributed by atoms with E-state index in [1.54, 1.807) is 0 Å². The Labute approximate surface area is 135 Å². The van der Waals surface area contributed by atoms with Crippen molar-refractivity contribution in [2.45, 2.75) is 0 Å². The Morgan fingerprint density at radius 1 is 1.22 bits per heavy atom. The second kappa shape index (κ2) is 6.93. The number of nitro groups is 1. The highest BCUT2D eigenvalue weighted by molar-refractivity contribution is 6.30. The maximum absolute atomic E-state index is 13.6. The minimum atomic E-state index is -0.738. The van der Waals surface area contributed by atoms with E-state index in [2.05, 4.69) is 10.6 Å². The van der Waals surface area contributed by atoms with Gasteiger partial charge >= 0.3 is 6.03 Å². The molecule has 0 fully saturated rings. The maximum atomic E-state index is 13.6. The zero-order valence-corrected chi connectivity index (χ0v) is 12.6. The molecule has 0 unspecified atom stereocenters. The first-order valence-electron chi connectivity index (χ1n) is 6.26. The van der Waals surface area contributed by atoms with Crippen LogP contribution in [-0.4, -0.2) is 18.1 Å². The number of amides is 2. The number of hydrogen-bond donors (Lipinski definition) is 2. The van der Waals surface area contributed by atoms with Gasteiger partial charge in [0, 0.05) is 11.1 Å². The van der Waals surface area contributed by atoms with E-state index in [4.69, 9.17) is 16.3 Å². The molecule has 0 spiro atoms. The summed E-state index contributed by atoms with van der Waals surface area (Å²) in [6, 6.07) is 6.74. The van der Waals surface area contributed by atoms with Crippen molar-refractivity contribution in [2.75, 3.05) is 17.7 Å². The first kappa shape index (κ1) is 16.5. The van der Waals surface area contributed by atoms with Crippen LogP contribution in [0.2, 0.25) is 5.02 Å². The van der Waals surface area contributed by atoms with Gasteiger partial charge in [0.2, 0.25) is 0 Å². The molecule has 9 heteroatoms. The molecule has 0 radical (unpaired) electrons. The van der Waals surface area contributed by atoms with E-state index in [9.17, 15) is 19.3 Å². The molecule has 0 atom stereocenters. The Bertz CT molecular complexity index is 770. The molecule has 0 aliphatic heterocycles. The van der Waals surface area contributed by atoms with Crippen LogP contribution in [0.5, 0.6) is 5.75 Å². The number of nitrogens with zero attached hydrogens (tertiary/aromatic N) is 1. The van der Waals surface area contributed by atoms with Crippen molar-refractivity contribution in [3.63, 3.8) is 0 Å². The van der Waals surface area contributed by atoms with Gasteiger partial charge in [0.05, 0.1) is 29.5 Å². The number of rotatable bonds is 4. The number of methoxy groups -OCH3 is 1. The summed E-state index contributed by atoms with van der Waals surface area (Å²) in [7, 11) is 1.31. The van der Waals surface area contributed by atoms with Gasteiger partial charge in [0.1, 0.15) is 11.6 Å². The lowest BCUT2D eigenvalue weighted by Crippen LogP contribution is -2.20. The van der Waals surface area contributed by atoms with Crippen LogP contribution in [0.15, 0.2) is 36.4 Å². The second-order valence-electron chi connectivity index (χ2n) is 4.34. The van der Waals surface area contributed by atoms with Gasteiger partial charge in [-0.1, -0.05) is 11.6 Å². The molecule has 2 amide bonds. The maximum Gasteiger partial charge on any atom is 0.323 e. The van der Waals surface area contributed by atoms with Gasteiger partial charge in [-0.15, -0.1) is 0 Å². The van der Waals surface area contributed by atoms with E-state index in [1.807, 2.05) is 0 Å². The predicted molar refractivity (Wildman–Crippen MR) is 83.7 cm³/mol. The van der Waals surface area contributed by atoms with Gasteiger partial charge in [-0.05, 0) is 24.3 Å². The van der Waals surface area contributed by atoms with Crippen LogP contribution in [0.3, 0.4) is 0 Å². The number of hydrogen-bond acceptors (Lipinski definition) is 4. The molecule has 0 heterocycles. The Morgan fingerprint density at radius 3 is 2.48 bits per heavy atom. The molecule has 23 heavy (non-hydrogen) atoms. The van der Waals surface area contributed by atoms with Crippen LogP contribution in [0.25, 0.3) is 0 Å². The minimum Gasteiger partial charge on any atom is -0.494 e. The molecule has 0 aromatic heterocycles. The molecule has 2 aromatic rings. The van der Waals surface area contributed by atoms with E-state index in [-0.39, 0.29) is 27.8 Å².